The van der Waals surface area contributed by atoms with E-state index in [1.165, 1.54) is 12.8 Å². The largest absolute Gasteiger partial charge is 0.496 e. The molecule has 0 spiro atoms. The van der Waals surface area contributed by atoms with E-state index >= 15 is 0 Å². The molecule has 2 unspecified atom stereocenters. The van der Waals surface area contributed by atoms with Gasteiger partial charge in [-0.25, -0.2) is 0 Å². The van der Waals surface area contributed by atoms with Crippen molar-refractivity contribution in [2.75, 3.05) is 21.3 Å². The molecule has 2 atom stereocenters. The highest BCUT2D eigenvalue weighted by Crippen LogP contribution is 2.66. The molecule has 1 aromatic rings. The molecule has 2 aliphatic carbocycles. The molecule has 1 N–H and O–H groups in total. The SMILES string of the molecule is COc1cc(OC)c(C2(O)C3CCCCC32)cc1OC. The van der Waals surface area contributed by atoms with Crippen molar-refractivity contribution in [3.05, 3.63) is 17.7 Å². The molecule has 4 heteroatoms. The fraction of sp³-hybridized carbons (Fsp3) is 0.625. The lowest BCUT2D eigenvalue weighted by Crippen LogP contribution is -2.12. The minimum atomic E-state index is -0.749. The summed E-state index contributed by atoms with van der Waals surface area (Å²) < 4.78 is 16.1. The van der Waals surface area contributed by atoms with Crippen molar-refractivity contribution in [1.29, 1.82) is 0 Å². The van der Waals surface area contributed by atoms with Gasteiger partial charge in [-0.2, -0.15) is 0 Å². The first-order valence-corrected chi connectivity index (χ1v) is 7.19. The maximum absolute atomic E-state index is 11.1. The van der Waals surface area contributed by atoms with Gasteiger partial charge in [0.05, 0.1) is 26.9 Å². The molecule has 20 heavy (non-hydrogen) atoms. The van der Waals surface area contributed by atoms with E-state index in [9.17, 15) is 5.11 Å². The lowest BCUT2D eigenvalue weighted by molar-refractivity contribution is 0.114. The van der Waals surface area contributed by atoms with Crippen molar-refractivity contribution in [2.45, 2.75) is 31.3 Å². The molecule has 2 aliphatic rings. The summed E-state index contributed by atoms with van der Waals surface area (Å²) in [5.74, 6) is 2.67. The Bertz CT molecular complexity index is 499. The molecule has 1 aromatic carbocycles. The third-order valence-corrected chi connectivity index (χ3v) is 4.92. The number of fused-ring (bicyclic) bond motifs is 1. The molecule has 2 saturated carbocycles. The Morgan fingerprint density at radius 3 is 1.90 bits per heavy atom. The van der Waals surface area contributed by atoms with Crippen LogP contribution in [0.15, 0.2) is 12.1 Å². The molecule has 0 aromatic heterocycles. The van der Waals surface area contributed by atoms with Crippen LogP contribution in [-0.2, 0) is 5.60 Å². The van der Waals surface area contributed by atoms with E-state index in [1.54, 1.807) is 27.4 Å². The van der Waals surface area contributed by atoms with Crippen LogP contribution in [0.1, 0.15) is 31.2 Å². The van der Waals surface area contributed by atoms with E-state index in [4.69, 9.17) is 14.2 Å². The number of hydrogen-bond donors (Lipinski definition) is 1. The second kappa shape index (κ2) is 4.85. The van der Waals surface area contributed by atoms with Crippen LogP contribution in [0.5, 0.6) is 17.2 Å². The van der Waals surface area contributed by atoms with Gasteiger partial charge in [-0.15, -0.1) is 0 Å². The number of benzene rings is 1. The third kappa shape index (κ3) is 1.78. The van der Waals surface area contributed by atoms with Gasteiger partial charge in [0.25, 0.3) is 0 Å². The fourth-order valence-corrected chi connectivity index (χ4v) is 3.83. The molecule has 0 bridgehead atoms. The summed E-state index contributed by atoms with van der Waals surface area (Å²) in [5, 5.41) is 11.1. The van der Waals surface area contributed by atoms with Gasteiger partial charge in [-0.3, -0.25) is 0 Å². The van der Waals surface area contributed by atoms with Gasteiger partial charge in [-0.05, 0) is 30.7 Å². The first kappa shape index (κ1) is 13.6. The Morgan fingerprint density at radius 2 is 1.40 bits per heavy atom. The van der Waals surface area contributed by atoms with Crippen molar-refractivity contribution < 1.29 is 19.3 Å². The average Bonchev–Trinajstić information content (AvgIpc) is 3.12. The highest BCUT2D eigenvalue weighted by Gasteiger charge is 2.65. The van der Waals surface area contributed by atoms with Gasteiger partial charge in [-0.1, -0.05) is 12.8 Å². The van der Waals surface area contributed by atoms with Crippen LogP contribution < -0.4 is 14.2 Å². The van der Waals surface area contributed by atoms with Crippen LogP contribution in [-0.4, -0.2) is 26.4 Å². The first-order chi connectivity index (χ1) is 9.66. The van der Waals surface area contributed by atoms with Crippen LogP contribution in [0.3, 0.4) is 0 Å². The Labute approximate surface area is 119 Å². The van der Waals surface area contributed by atoms with Crippen LogP contribution >= 0.6 is 0 Å². The van der Waals surface area contributed by atoms with Crippen molar-refractivity contribution in [3.63, 3.8) is 0 Å². The molecular formula is C16H22O4. The minimum absolute atomic E-state index is 0.364. The number of methoxy groups -OCH3 is 3. The lowest BCUT2D eigenvalue weighted by atomic mass is 10.0. The average molecular weight is 278 g/mol. The summed E-state index contributed by atoms with van der Waals surface area (Å²) in [5.41, 5.74) is 0.0936. The summed E-state index contributed by atoms with van der Waals surface area (Å²) in [7, 11) is 4.83. The number of rotatable bonds is 4. The van der Waals surface area contributed by atoms with E-state index in [-0.39, 0.29) is 0 Å². The molecule has 2 fully saturated rings. The summed E-state index contributed by atoms with van der Waals surface area (Å²) in [6.45, 7) is 0. The Morgan fingerprint density at radius 1 is 0.900 bits per heavy atom. The lowest BCUT2D eigenvalue weighted by Gasteiger charge is -2.18. The quantitative estimate of drug-likeness (QED) is 0.920. The number of aliphatic hydroxyl groups is 1. The molecule has 0 radical (unpaired) electrons. The fourth-order valence-electron chi connectivity index (χ4n) is 3.83. The third-order valence-electron chi connectivity index (χ3n) is 4.92. The second-order valence-electron chi connectivity index (χ2n) is 5.73. The van der Waals surface area contributed by atoms with E-state index in [2.05, 4.69) is 0 Å². The zero-order chi connectivity index (χ0) is 14.3. The molecule has 110 valence electrons. The van der Waals surface area contributed by atoms with E-state index < -0.39 is 5.60 Å². The van der Waals surface area contributed by atoms with E-state index in [1.807, 2.05) is 6.07 Å². The monoisotopic (exact) mass is 278 g/mol. The summed E-state index contributed by atoms with van der Waals surface area (Å²) in [4.78, 5) is 0. The van der Waals surface area contributed by atoms with Crippen LogP contribution in [0.2, 0.25) is 0 Å². The maximum atomic E-state index is 11.1. The molecule has 3 rings (SSSR count). The van der Waals surface area contributed by atoms with Gasteiger partial charge in [0.1, 0.15) is 5.75 Å². The highest BCUT2D eigenvalue weighted by atomic mass is 16.5. The van der Waals surface area contributed by atoms with Gasteiger partial charge < -0.3 is 19.3 Å². The summed E-state index contributed by atoms with van der Waals surface area (Å²) in [6.07, 6.45) is 4.61. The van der Waals surface area contributed by atoms with E-state index in [0.717, 1.165) is 18.4 Å². The van der Waals surface area contributed by atoms with Crippen LogP contribution in [0, 0.1) is 11.8 Å². The molecule has 4 nitrogen and oxygen atoms in total. The molecule has 0 aliphatic heterocycles. The maximum Gasteiger partial charge on any atom is 0.164 e. The Balaban J connectivity index is 2.04. The normalized spacial score (nSPS) is 31.4. The topological polar surface area (TPSA) is 47.9 Å². The molecule has 0 amide bonds. The van der Waals surface area contributed by atoms with Crippen molar-refractivity contribution in [1.82, 2.24) is 0 Å². The molecule has 0 saturated heterocycles. The Kier molecular flexibility index (Phi) is 3.28. The molecular weight excluding hydrogens is 256 g/mol. The van der Waals surface area contributed by atoms with Crippen LogP contribution in [0.4, 0.5) is 0 Å². The van der Waals surface area contributed by atoms with Gasteiger partial charge in [0.2, 0.25) is 0 Å². The van der Waals surface area contributed by atoms with E-state index in [0.29, 0.717) is 29.1 Å². The van der Waals surface area contributed by atoms with Crippen molar-refractivity contribution in [2.24, 2.45) is 11.8 Å². The highest BCUT2D eigenvalue weighted by molar-refractivity contribution is 5.55. The van der Waals surface area contributed by atoms with Crippen molar-refractivity contribution >= 4 is 0 Å². The van der Waals surface area contributed by atoms with Gasteiger partial charge in [0, 0.05) is 11.6 Å². The first-order valence-electron chi connectivity index (χ1n) is 7.19. The Hall–Kier alpha value is -1.42. The summed E-state index contributed by atoms with van der Waals surface area (Å²) >= 11 is 0. The standard InChI is InChI=1S/C16H22O4/c1-18-13-9-15(20-3)14(19-2)8-12(13)16(17)10-6-4-5-7-11(10)16/h8-11,17H,4-7H2,1-3H3. The number of ether oxygens (including phenoxy) is 3. The second-order valence-corrected chi connectivity index (χ2v) is 5.73. The smallest absolute Gasteiger partial charge is 0.164 e. The van der Waals surface area contributed by atoms with Gasteiger partial charge in [0.15, 0.2) is 11.5 Å². The van der Waals surface area contributed by atoms with Gasteiger partial charge >= 0.3 is 0 Å². The van der Waals surface area contributed by atoms with Crippen molar-refractivity contribution in [3.8, 4) is 17.2 Å². The molecule has 0 heterocycles. The zero-order valence-electron chi connectivity index (χ0n) is 12.3. The predicted octanol–water partition coefficient (Wildman–Crippen LogP) is 2.72. The summed E-state index contributed by atoms with van der Waals surface area (Å²) in [6, 6.07) is 3.67. The predicted molar refractivity (Wildman–Crippen MR) is 75.4 cm³/mol. The minimum Gasteiger partial charge on any atom is -0.496 e. The zero-order valence-corrected chi connectivity index (χ0v) is 12.3. The number of hydrogen-bond acceptors (Lipinski definition) is 4. The van der Waals surface area contributed by atoms with Crippen LogP contribution in [0.25, 0.3) is 0 Å².